The van der Waals surface area contributed by atoms with Crippen molar-refractivity contribution in [3.05, 3.63) is 32.2 Å². The van der Waals surface area contributed by atoms with Crippen LogP contribution < -0.4 is 0 Å². The number of nitrogens with zero attached hydrogens (tertiary/aromatic N) is 5. The first-order chi connectivity index (χ1) is 12.6. The summed E-state index contributed by atoms with van der Waals surface area (Å²) in [5.74, 6) is -0.105. The highest BCUT2D eigenvalue weighted by Gasteiger charge is 2.41. The molecule has 0 aliphatic heterocycles. The van der Waals surface area contributed by atoms with Crippen molar-refractivity contribution in [2.24, 2.45) is 7.05 Å². The molecule has 0 unspecified atom stereocenters. The lowest BCUT2D eigenvalue weighted by Crippen LogP contribution is -2.28. The lowest BCUT2D eigenvalue weighted by molar-refractivity contribution is -0.142. The molecule has 2 heterocycles. The quantitative estimate of drug-likeness (QED) is 0.586. The summed E-state index contributed by atoms with van der Waals surface area (Å²) in [7, 11) is 3.43. The number of hydrogen-bond donors (Lipinski definition) is 0. The highest BCUT2D eigenvalue weighted by Crippen LogP contribution is 2.47. The van der Waals surface area contributed by atoms with Gasteiger partial charge in [-0.1, -0.05) is 0 Å². The van der Waals surface area contributed by atoms with Crippen LogP contribution in [0.5, 0.6) is 0 Å². The van der Waals surface area contributed by atoms with Crippen LogP contribution in [0.15, 0.2) is 15.1 Å². The fourth-order valence-corrected chi connectivity index (χ4v) is 4.18. The van der Waals surface area contributed by atoms with Gasteiger partial charge >= 0.3 is 6.18 Å². The van der Waals surface area contributed by atoms with Crippen LogP contribution in [0, 0.1) is 0 Å². The third-order valence-electron chi connectivity index (χ3n) is 4.52. The Bertz CT molecular complexity index is 838. The molecule has 0 atom stereocenters. The van der Waals surface area contributed by atoms with Gasteiger partial charge in [0.05, 0.1) is 39.6 Å². The maximum atomic E-state index is 13.1. The molecule has 3 rings (SSSR count). The number of aryl methyl sites for hydroxylation is 2. The summed E-state index contributed by atoms with van der Waals surface area (Å²) < 4.78 is 43.2. The third kappa shape index (κ3) is 4.39. The molecule has 11 heteroatoms. The molecular weight excluding hydrogens is 495 g/mol. The molecule has 1 amide bonds. The van der Waals surface area contributed by atoms with E-state index >= 15 is 0 Å². The Kier molecular flexibility index (Phi) is 5.72. The summed E-state index contributed by atoms with van der Waals surface area (Å²) in [6, 6.07) is 0. The van der Waals surface area contributed by atoms with E-state index in [1.807, 2.05) is 0 Å². The molecule has 1 fully saturated rings. The molecule has 27 heavy (non-hydrogen) atoms. The first-order valence-corrected chi connectivity index (χ1v) is 9.92. The van der Waals surface area contributed by atoms with E-state index in [1.165, 1.54) is 9.58 Å². The van der Waals surface area contributed by atoms with Crippen molar-refractivity contribution in [2.75, 3.05) is 7.05 Å². The summed E-state index contributed by atoms with van der Waals surface area (Å²) in [6.45, 7) is 0.457. The van der Waals surface area contributed by atoms with Crippen LogP contribution in [-0.2, 0) is 31.1 Å². The second kappa shape index (κ2) is 7.57. The summed E-state index contributed by atoms with van der Waals surface area (Å²) in [6.07, 6.45) is -1.14. The minimum Gasteiger partial charge on any atom is -0.340 e. The van der Waals surface area contributed by atoms with Crippen molar-refractivity contribution >= 4 is 37.8 Å². The third-order valence-corrected chi connectivity index (χ3v) is 5.97. The average molecular weight is 513 g/mol. The number of alkyl halides is 3. The molecule has 1 saturated carbocycles. The van der Waals surface area contributed by atoms with Crippen LogP contribution in [0.1, 0.15) is 42.3 Å². The molecule has 6 nitrogen and oxygen atoms in total. The Hall–Kier alpha value is -1.36. The van der Waals surface area contributed by atoms with Gasteiger partial charge in [0, 0.05) is 26.4 Å². The smallest absolute Gasteiger partial charge is 0.340 e. The van der Waals surface area contributed by atoms with Gasteiger partial charge in [-0.25, -0.2) is 0 Å². The Labute approximate surface area is 170 Å². The van der Waals surface area contributed by atoms with E-state index in [1.54, 1.807) is 25.0 Å². The van der Waals surface area contributed by atoms with Crippen molar-refractivity contribution < 1.29 is 18.0 Å². The predicted octanol–water partition coefficient (Wildman–Crippen LogP) is 4.09. The van der Waals surface area contributed by atoms with Crippen LogP contribution in [0.2, 0.25) is 0 Å². The highest BCUT2D eigenvalue weighted by molar-refractivity contribution is 9.10. The number of aromatic nitrogens is 4. The van der Waals surface area contributed by atoms with E-state index in [9.17, 15) is 18.0 Å². The molecule has 2 aromatic rings. The van der Waals surface area contributed by atoms with E-state index in [0.717, 1.165) is 23.0 Å². The standard InChI is InChI=1S/C16H18Br2F3N5O/c1-24(8-11-10(17)7-22-25(11)2)12(27)5-6-26-14(9-3-4-9)13(18)15(23-26)16(19,20)21/h7,9H,3-6,8H2,1-2H3. The second-order valence-electron chi connectivity index (χ2n) is 6.61. The summed E-state index contributed by atoms with van der Waals surface area (Å²) in [5.41, 5.74) is 0.446. The second-order valence-corrected chi connectivity index (χ2v) is 8.25. The molecule has 0 N–H and O–H groups in total. The van der Waals surface area contributed by atoms with Crippen LogP contribution in [-0.4, -0.2) is 37.4 Å². The fraction of sp³-hybridized carbons (Fsp3) is 0.562. The number of hydrogen-bond acceptors (Lipinski definition) is 3. The lowest BCUT2D eigenvalue weighted by Gasteiger charge is -2.18. The van der Waals surface area contributed by atoms with Gasteiger partial charge in [-0.3, -0.25) is 14.2 Å². The molecule has 1 aliphatic carbocycles. The molecule has 0 saturated heterocycles. The van der Waals surface area contributed by atoms with Crippen molar-refractivity contribution in [1.82, 2.24) is 24.5 Å². The van der Waals surface area contributed by atoms with Gasteiger partial charge in [0.25, 0.3) is 0 Å². The molecule has 2 aromatic heterocycles. The maximum Gasteiger partial charge on any atom is 0.436 e. The number of halogens is 5. The van der Waals surface area contributed by atoms with Crippen LogP contribution in [0.25, 0.3) is 0 Å². The highest BCUT2D eigenvalue weighted by atomic mass is 79.9. The average Bonchev–Trinajstić information content (AvgIpc) is 3.29. The normalized spacial score (nSPS) is 14.6. The number of carbonyl (C=O) groups excluding carboxylic acids is 1. The zero-order chi connectivity index (χ0) is 19.9. The Morgan fingerprint density at radius 3 is 2.56 bits per heavy atom. The number of carbonyl (C=O) groups is 1. The van der Waals surface area contributed by atoms with Gasteiger partial charge in [0.2, 0.25) is 5.91 Å². The first-order valence-electron chi connectivity index (χ1n) is 8.33. The predicted molar refractivity (Wildman–Crippen MR) is 98.9 cm³/mol. The minimum atomic E-state index is -4.53. The summed E-state index contributed by atoms with van der Waals surface area (Å²) >= 11 is 6.44. The molecular formula is C16H18Br2F3N5O. The molecule has 0 radical (unpaired) electrons. The molecule has 0 aromatic carbocycles. The van der Waals surface area contributed by atoms with Gasteiger partial charge in [0.15, 0.2) is 5.69 Å². The van der Waals surface area contributed by atoms with Crippen LogP contribution >= 0.6 is 31.9 Å². The van der Waals surface area contributed by atoms with E-state index in [0.29, 0.717) is 12.2 Å². The van der Waals surface area contributed by atoms with Crippen molar-refractivity contribution in [1.29, 1.82) is 0 Å². The van der Waals surface area contributed by atoms with Gasteiger partial charge in [0.1, 0.15) is 0 Å². The van der Waals surface area contributed by atoms with Crippen molar-refractivity contribution in [3.63, 3.8) is 0 Å². The SMILES string of the molecule is CN(Cc1c(Br)cnn1C)C(=O)CCn1nc(C(F)(F)F)c(Br)c1C1CC1. The largest absolute Gasteiger partial charge is 0.436 e. The Morgan fingerprint density at radius 2 is 2.04 bits per heavy atom. The fourth-order valence-electron chi connectivity index (χ4n) is 2.87. The Morgan fingerprint density at radius 1 is 1.37 bits per heavy atom. The van der Waals surface area contributed by atoms with Gasteiger partial charge in [-0.2, -0.15) is 23.4 Å². The molecule has 0 bridgehead atoms. The zero-order valence-electron chi connectivity index (χ0n) is 14.7. The summed E-state index contributed by atoms with van der Waals surface area (Å²) in [4.78, 5) is 14.0. The van der Waals surface area contributed by atoms with E-state index in [2.05, 4.69) is 42.1 Å². The molecule has 1 aliphatic rings. The van der Waals surface area contributed by atoms with E-state index in [-0.39, 0.29) is 29.3 Å². The lowest BCUT2D eigenvalue weighted by atomic mass is 10.2. The molecule has 0 spiro atoms. The topological polar surface area (TPSA) is 56.0 Å². The monoisotopic (exact) mass is 511 g/mol. The minimum absolute atomic E-state index is 0.00267. The number of amides is 1. The van der Waals surface area contributed by atoms with Crippen molar-refractivity contribution in [3.8, 4) is 0 Å². The van der Waals surface area contributed by atoms with Gasteiger partial charge < -0.3 is 4.90 Å². The Balaban J connectivity index is 1.70. The first kappa shape index (κ1) is 20.4. The zero-order valence-corrected chi connectivity index (χ0v) is 17.9. The van der Waals surface area contributed by atoms with Gasteiger partial charge in [-0.05, 0) is 44.7 Å². The maximum absolute atomic E-state index is 13.1. The molecule has 148 valence electrons. The van der Waals surface area contributed by atoms with Crippen LogP contribution in [0.3, 0.4) is 0 Å². The number of rotatable bonds is 6. The summed E-state index contributed by atoms with van der Waals surface area (Å²) in [5, 5.41) is 7.83. The van der Waals surface area contributed by atoms with E-state index in [4.69, 9.17) is 0 Å². The van der Waals surface area contributed by atoms with E-state index < -0.39 is 11.9 Å². The van der Waals surface area contributed by atoms with Crippen LogP contribution in [0.4, 0.5) is 13.2 Å². The van der Waals surface area contributed by atoms with Gasteiger partial charge in [-0.15, -0.1) is 0 Å². The van der Waals surface area contributed by atoms with Crippen molar-refractivity contribution in [2.45, 2.75) is 44.4 Å².